The van der Waals surface area contributed by atoms with Gasteiger partial charge in [0.25, 0.3) is 0 Å². The number of rotatable bonds is 8. The van der Waals surface area contributed by atoms with Crippen LogP contribution in [0.1, 0.15) is 63.8 Å². The Kier molecular flexibility index (Phi) is 8.11. The van der Waals surface area contributed by atoms with Gasteiger partial charge in [-0.2, -0.15) is 0 Å². The zero-order valence-corrected chi connectivity index (χ0v) is 23.6. The summed E-state index contributed by atoms with van der Waals surface area (Å²) in [7, 11) is 0. The molecule has 0 amide bonds. The number of halogens is 2. The number of benzene rings is 5. The molecule has 4 heteroatoms. The van der Waals surface area contributed by atoms with E-state index in [4.69, 9.17) is 0 Å². The van der Waals surface area contributed by atoms with Crippen molar-refractivity contribution in [1.29, 1.82) is 0 Å². The van der Waals surface area contributed by atoms with E-state index in [0.29, 0.717) is 22.3 Å². The van der Waals surface area contributed by atoms with Crippen molar-refractivity contribution >= 4 is 43.4 Å². The average molecular weight is 624 g/mol. The van der Waals surface area contributed by atoms with Crippen LogP contribution in [-0.2, 0) is 0 Å². The van der Waals surface area contributed by atoms with Crippen molar-refractivity contribution in [3.8, 4) is 0 Å². The topological polar surface area (TPSA) is 34.1 Å². The van der Waals surface area contributed by atoms with E-state index in [1.54, 1.807) is 24.3 Å². The molecule has 2 unspecified atom stereocenters. The molecule has 38 heavy (non-hydrogen) atoms. The smallest absolute Gasteiger partial charge is 0.193 e. The first-order valence-corrected chi connectivity index (χ1v) is 14.1. The van der Waals surface area contributed by atoms with Crippen molar-refractivity contribution in [1.82, 2.24) is 0 Å². The monoisotopic (exact) mass is 622 g/mol. The molecule has 0 aliphatic rings. The molecule has 0 radical (unpaired) electrons. The minimum Gasteiger partial charge on any atom is -0.289 e. The second kappa shape index (κ2) is 11.8. The first-order chi connectivity index (χ1) is 18.5. The lowest BCUT2D eigenvalue weighted by Gasteiger charge is -2.23. The minimum absolute atomic E-state index is 0.184. The number of ketones is 2. The third-order valence-corrected chi connectivity index (χ3v) is 8.56. The van der Waals surface area contributed by atoms with E-state index >= 15 is 0 Å². The van der Waals surface area contributed by atoms with E-state index in [1.807, 2.05) is 84.9 Å². The largest absolute Gasteiger partial charge is 0.289 e. The quantitative estimate of drug-likeness (QED) is 0.128. The summed E-state index contributed by atoms with van der Waals surface area (Å²) >= 11 is 7.83. The van der Waals surface area contributed by atoms with Gasteiger partial charge in [-0.05, 0) is 34.4 Å². The highest BCUT2D eigenvalue weighted by atomic mass is 79.9. The summed E-state index contributed by atoms with van der Waals surface area (Å²) in [6.07, 6.45) is 0. The summed E-state index contributed by atoms with van der Waals surface area (Å²) < 4.78 is 0. The fourth-order valence-electron chi connectivity index (χ4n) is 4.54. The molecule has 0 saturated carbocycles. The first kappa shape index (κ1) is 26.0. The normalized spacial score (nSPS) is 12.5. The van der Waals surface area contributed by atoms with Crippen molar-refractivity contribution in [3.63, 3.8) is 0 Å². The summed E-state index contributed by atoms with van der Waals surface area (Å²) in [5, 5.41) is 0. The fourth-order valence-corrected chi connectivity index (χ4v) is 5.94. The summed E-state index contributed by atoms with van der Waals surface area (Å²) in [5.74, 6) is -0.368. The van der Waals surface area contributed by atoms with Gasteiger partial charge in [-0.25, -0.2) is 0 Å². The maximum Gasteiger partial charge on any atom is 0.193 e. The predicted molar refractivity (Wildman–Crippen MR) is 161 cm³/mol. The molecule has 0 spiro atoms. The number of alkyl halides is 2. The molecule has 0 saturated heterocycles. The maximum atomic E-state index is 13.9. The summed E-state index contributed by atoms with van der Waals surface area (Å²) in [6, 6.07) is 42.2. The molecule has 2 atom stereocenters. The first-order valence-electron chi connectivity index (χ1n) is 12.3. The Morgan fingerprint density at radius 2 is 0.737 bits per heavy atom. The van der Waals surface area contributed by atoms with Crippen LogP contribution in [0.15, 0.2) is 133 Å². The number of carbonyl (C=O) groups is 2. The summed E-state index contributed by atoms with van der Waals surface area (Å²) in [6.45, 7) is 0. The third-order valence-electron chi connectivity index (χ3n) is 6.51. The van der Waals surface area contributed by atoms with Gasteiger partial charge in [-0.15, -0.1) is 0 Å². The van der Waals surface area contributed by atoms with Crippen molar-refractivity contribution in [2.45, 2.75) is 9.65 Å². The Morgan fingerprint density at radius 3 is 1.05 bits per heavy atom. The van der Waals surface area contributed by atoms with E-state index in [2.05, 4.69) is 56.1 Å². The summed E-state index contributed by atoms with van der Waals surface area (Å²) in [4.78, 5) is 27.4. The van der Waals surface area contributed by atoms with Gasteiger partial charge < -0.3 is 0 Å². The van der Waals surface area contributed by atoms with E-state index < -0.39 is 0 Å². The van der Waals surface area contributed by atoms with Crippen molar-refractivity contribution in [2.75, 3.05) is 0 Å². The molecule has 0 aliphatic heterocycles. The van der Waals surface area contributed by atoms with E-state index in [1.165, 1.54) is 0 Å². The molecular weight excluding hydrogens is 600 g/mol. The molecule has 0 heterocycles. The highest BCUT2D eigenvalue weighted by Gasteiger charge is 2.27. The second-order valence-electron chi connectivity index (χ2n) is 8.96. The van der Waals surface area contributed by atoms with E-state index in [9.17, 15) is 9.59 Å². The van der Waals surface area contributed by atoms with Crippen LogP contribution in [0.3, 0.4) is 0 Å². The predicted octanol–water partition coefficient (Wildman–Crippen LogP) is 9.12. The fraction of sp³-hybridized carbons (Fsp3) is 0.0588. The van der Waals surface area contributed by atoms with Crippen molar-refractivity contribution in [3.05, 3.63) is 178 Å². The Morgan fingerprint density at radius 1 is 0.447 bits per heavy atom. The number of carbonyl (C=O) groups excluding carboxylic acids is 2. The Labute approximate surface area is 239 Å². The summed E-state index contributed by atoms with van der Waals surface area (Å²) in [5.41, 5.74) is 5.81. The zero-order chi connectivity index (χ0) is 26.5. The van der Waals surface area contributed by atoms with E-state index in [-0.39, 0.29) is 21.2 Å². The second-order valence-corrected chi connectivity index (χ2v) is 10.8. The highest BCUT2D eigenvalue weighted by Crippen LogP contribution is 2.42. The van der Waals surface area contributed by atoms with Gasteiger partial charge in [0.1, 0.15) is 0 Å². The van der Waals surface area contributed by atoms with Gasteiger partial charge in [-0.1, -0.05) is 153 Å². The van der Waals surface area contributed by atoms with Gasteiger partial charge in [0, 0.05) is 22.3 Å². The minimum atomic E-state index is -0.189. The Hall–Kier alpha value is -3.60. The van der Waals surface area contributed by atoms with Gasteiger partial charge in [0.05, 0.1) is 9.65 Å². The molecule has 0 aromatic heterocycles. The van der Waals surface area contributed by atoms with Crippen LogP contribution < -0.4 is 0 Å². The highest BCUT2D eigenvalue weighted by molar-refractivity contribution is 9.09. The van der Waals surface area contributed by atoms with Gasteiger partial charge in [0.2, 0.25) is 0 Å². The van der Waals surface area contributed by atoms with Crippen LogP contribution in [0.25, 0.3) is 0 Å². The Bertz CT molecular complexity index is 1430. The maximum absolute atomic E-state index is 13.9. The molecular formula is C34H24Br2O2. The lowest BCUT2D eigenvalue weighted by atomic mass is 9.86. The standard InChI is InChI=1S/C34H24Br2O2/c35-31(23-13-5-1-6-14-23)27-21-29(33(37)25-17-9-3-10-18-25)30(34(38)26-19-11-4-12-20-26)22-28(27)32(36)24-15-7-2-8-16-24/h1-22,31-32H. The molecule has 0 aliphatic carbocycles. The molecule has 0 N–H and O–H groups in total. The molecule has 186 valence electrons. The van der Waals surface area contributed by atoms with Crippen LogP contribution in [0.4, 0.5) is 0 Å². The lowest BCUT2D eigenvalue weighted by molar-refractivity contribution is 0.100. The van der Waals surface area contributed by atoms with Crippen LogP contribution in [0.2, 0.25) is 0 Å². The molecule has 5 aromatic rings. The van der Waals surface area contributed by atoms with E-state index in [0.717, 1.165) is 22.3 Å². The number of hydrogen-bond acceptors (Lipinski definition) is 2. The van der Waals surface area contributed by atoms with Crippen LogP contribution >= 0.6 is 31.9 Å². The Balaban J connectivity index is 1.76. The number of hydrogen-bond donors (Lipinski definition) is 0. The van der Waals surface area contributed by atoms with Crippen molar-refractivity contribution < 1.29 is 9.59 Å². The third kappa shape index (κ3) is 5.47. The lowest BCUT2D eigenvalue weighted by Crippen LogP contribution is -2.15. The zero-order valence-electron chi connectivity index (χ0n) is 20.4. The molecule has 5 aromatic carbocycles. The molecule has 5 rings (SSSR count). The van der Waals surface area contributed by atoms with Gasteiger partial charge in [-0.3, -0.25) is 9.59 Å². The molecule has 2 nitrogen and oxygen atoms in total. The van der Waals surface area contributed by atoms with Crippen LogP contribution in [0, 0.1) is 0 Å². The van der Waals surface area contributed by atoms with Crippen LogP contribution in [0.5, 0.6) is 0 Å². The average Bonchev–Trinajstić information content (AvgIpc) is 3.00. The van der Waals surface area contributed by atoms with Crippen molar-refractivity contribution in [2.24, 2.45) is 0 Å². The van der Waals surface area contributed by atoms with Gasteiger partial charge in [0.15, 0.2) is 11.6 Å². The molecule has 0 bridgehead atoms. The molecule has 0 fully saturated rings. The SMILES string of the molecule is O=C(c1ccccc1)c1cc(C(Br)c2ccccc2)c(C(Br)c2ccccc2)cc1C(=O)c1ccccc1. The van der Waals surface area contributed by atoms with Crippen LogP contribution in [-0.4, -0.2) is 11.6 Å². The van der Waals surface area contributed by atoms with Gasteiger partial charge >= 0.3 is 0 Å².